The van der Waals surface area contributed by atoms with Gasteiger partial charge in [-0.2, -0.15) is 0 Å². The van der Waals surface area contributed by atoms with Crippen molar-refractivity contribution in [3.63, 3.8) is 0 Å². The summed E-state index contributed by atoms with van der Waals surface area (Å²) in [5.74, 6) is 0.0393. The Balaban J connectivity index is 1.74. The van der Waals surface area contributed by atoms with E-state index in [4.69, 9.17) is 4.74 Å². The summed E-state index contributed by atoms with van der Waals surface area (Å²) in [6, 6.07) is 11.7. The van der Waals surface area contributed by atoms with Gasteiger partial charge in [-0.1, -0.05) is 30.3 Å². The molecule has 3 amide bonds. The van der Waals surface area contributed by atoms with Crippen LogP contribution in [0.3, 0.4) is 0 Å². The Morgan fingerprint density at radius 2 is 1.75 bits per heavy atom. The summed E-state index contributed by atoms with van der Waals surface area (Å²) < 4.78 is 5.89. The van der Waals surface area contributed by atoms with Gasteiger partial charge < -0.3 is 30.3 Å². The number of aliphatic hydroxyl groups is 1. The minimum Gasteiger partial charge on any atom is -0.483 e. The number of thioether (sulfide) groups is 1. The fraction of sp³-hybridized carbons (Fsp3) is 0.500. The molecule has 0 unspecified atom stereocenters. The molecule has 1 aliphatic rings. The maximum Gasteiger partial charge on any atom is 0.258 e. The maximum absolute atomic E-state index is 13.5. The van der Waals surface area contributed by atoms with Crippen molar-refractivity contribution in [3.8, 4) is 5.75 Å². The molecule has 1 fully saturated rings. The largest absolute Gasteiger partial charge is 0.483 e. The standard InChI is InChI=1S/C30H42N4O5S/c1-19-13-22(33(6)7)14-20(2)27(19)39-16-25(35)31-23(15-21-11-9-8-10-12-21)26(36)29(38)34-18-40-17-24(34)28(37)32-30(3,4)5/h8-14,23-24,26,36H,15-18H2,1-7H3,(H,31,35)(H,32,37)/t23-,24-,26-/m0/s1. The van der Waals surface area contributed by atoms with Crippen LogP contribution >= 0.6 is 11.8 Å². The average molecular weight is 571 g/mol. The molecule has 3 atom stereocenters. The SMILES string of the molecule is Cc1cc(N(C)C)cc(C)c1OCC(=O)N[C@@H](Cc1ccccc1)[C@H](O)C(=O)N1CSC[C@H]1C(=O)NC(C)(C)C. The summed E-state index contributed by atoms with van der Waals surface area (Å²) in [6.07, 6.45) is -1.31. The van der Waals surface area contributed by atoms with Crippen LogP contribution in [0.4, 0.5) is 5.69 Å². The highest BCUT2D eigenvalue weighted by Gasteiger charge is 2.40. The highest BCUT2D eigenvalue weighted by molar-refractivity contribution is 7.99. The van der Waals surface area contributed by atoms with Crippen LogP contribution in [-0.4, -0.2) is 83.8 Å². The quantitative estimate of drug-likeness (QED) is 0.403. The van der Waals surface area contributed by atoms with Crippen molar-refractivity contribution in [2.75, 3.05) is 37.2 Å². The molecule has 1 aliphatic heterocycles. The molecular weight excluding hydrogens is 528 g/mol. The number of hydrogen-bond acceptors (Lipinski definition) is 7. The van der Waals surface area contributed by atoms with Crippen molar-refractivity contribution < 1.29 is 24.2 Å². The van der Waals surface area contributed by atoms with Crippen LogP contribution in [0.2, 0.25) is 0 Å². The van der Waals surface area contributed by atoms with Crippen LogP contribution in [0.15, 0.2) is 42.5 Å². The Morgan fingerprint density at radius 3 is 2.33 bits per heavy atom. The number of amides is 3. The van der Waals surface area contributed by atoms with E-state index < -0.39 is 35.5 Å². The minimum atomic E-state index is -1.55. The topological polar surface area (TPSA) is 111 Å². The van der Waals surface area contributed by atoms with Crippen molar-refractivity contribution in [2.24, 2.45) is 0 Å². The molecular formula is C30H42N4O5S. The summed E-state index contributed by atoms with van der Waals surface area (Å²) in [6.45, 7) is 9.21. The molecule has 40 heavy (non-hydrogen) atoms. The highest BCUT2D eigenvalue weighted by atomic mass is 32.2. The minimum absolute atomic E-state index is 0.231. The number of nitrogens with one attached hydrogen (secondary N) is 2. The number of carbonyl (C=O) groups is 3. The Labute approximate surface area is 241 Å². The lowest BCUT2D eigenvalue weighted by molar-refractivity contribution is -0.147. The first-order chi connectivity index (χ1) is 18.8. The second-order valence-electron chi connectivity index (χ2n) is 11.5. The number of aliphatic hydroxyl groups excluding tert-OH is 1. The van der Waals surface area contributed by atoms with E-state index in [1.54, 1.807) is 0 Å². The number of carbonyl (C=O) groups excluding carboxylic acids is 3. The average Bonchev–Trinajstić information content (AvgIpc) is 3.37. The second-order valence-corrected chi connectivity index (χ2v) is 12.5. The van der Waals surface area contributed by atoms with Gasteiger partial charge in [-0.25, -0.2) is 0 Å². The summed E-state index contributed by atoms with van der Waals surface area (Å²) in [5.41, 5.74) is 3.23. The zero-order valence-electron chi connectivity index (χ0n) is 24.5. The Bertz CT molecular complexity index is 1180. The monoisotopic (exact) mass is 570 g/mol. The number of nitrogens with zero attached hydrogens (tertiary/aromatic N) is 2. The second kappa shape index (κ2) is 13.4. The van der Waals surface area contributed by atoms with Crippen LogP contribution in [0.1, 0.15) is 37.5 Å². The fourth-order valence-corrected chi connectivity index (χ4v) is 5.74. The number of ether oxygens (including phenoxy) is 1. The lowest BCUT2D eigenvalue weighted by Gasteiger charge is -2.31. The molecule has 2 aromatic carbocycles. The molecule has 1 saturated heterocycles. The van der Waals surface area contributed by atoms with Gasteiger partial charge in [0.15, 0.2) is 12.7 Å². The van der Waals surface area contributed by atoms with Crippen molar-refractivity contribution in [1.82, 2.24) is 15.5 Å². The molecule has 0 bridgehead atoms. The van der Waals surface area contributed by atoms with E-state index in [2.05, 4.69) is 10.6 Å². The first-order valence-corrected chi connectivity index (χ1v) is 14.5. The molecule has 10 heteroatoms. The van der Waals surface area contributed by atoms with E-state index in [-0.39, 0.29) is 24.8 Å². The zero-order chi connectivity index (χ0) is 29.6. The number of rotatable bonds is 10. The van der Waals surface area contributed by atoms with Gasteiger partial charge in [0, 0.05) is 31.1 Å². The smallest absolute Gasteiger partial charge is 0.258 e. The van der Waals surface area contributed by atoms with Gasteiger partial charge in [0.1, 0.15) is 11.8 Å². The molecule has 1 heterocycles. The molecule has 3 rings (SSSR count). The van der Waals surface area contributed by atoms with E-state index in [0.717, 1.165) is 22.4 Å². The molecule has 0 spiro atoms. The lowest BCUT2D eigenvalue weighted by atomic mass is 9.99. The third-order valence-corrected chi connectivity index (χ3v) is 7.57. The van der Waals surface area contributed by atoms with Crippen molar-refractivity contribution >= 4 is 35.2 Å². The summed E-state index contributed by atoms with van der Waals surface area (Å²) in [4.78, 5) is 42.8. The predicted octanol–water partition coefficient (Wildman–Crippen LogP) is 2.65. The van der Waals surface area contributed by atoms with E-state index >= 15 is 0 Å². The summed E-state index contributed by atoms with van der Waals surface area (Å²) in [5, 5.41) is 17.0. The van der Waals surface area contributed by atoms with E-state index in [1.807, 2.05) is 96.1 Å². The third-order valence-electron chi connectivity index (χ3n) is 6.55. The molecule has 218 valence electrons. The van der Waals surface area contributed by atoms with Gasteiger partial charge in [0.2, 0.25) is 5.91 Å². The van der Waals surface area contributed by atoms with Crippen LogP contribution in [-0.2, 0) is 20.8 Å². The van der Waals surface area contributed by atoms with Crippen molar-refractivity contribution in [1.29, 1.82) is 0 Å². The molecule has 0 saturated carbocycles. The van der Waals surface area contributed by atoms with Crippen molar-refractivity contribution in [3.05, 3.63) is 59.2 Å². The zero-order valence-corrected chi connectivity index (χ0v) is 25.3. The number of benzene rings is 2. The third kappa shape index (κ3) is 8.38. The van der Waals surface area contributed by atoms with E-state index in [9.17, 15) is 19.5 Å². The van der Waals surface area contributed by atoms with Gasteiger partial charge in [-0.3, -0.25) is 14.4 Å². The Morgan fingerprint density at radius 1 is 1.12 bits per heavy atom. The first kappa shape index (κ1) is 31.3. The van der Waals surface area contributed by atoms with E-state index in [1.165, 1.54) is 16.7 Å². The van der Waals surface area contributed by atoms with Gasteiger partial charge in [-0.15, -0.1) is 11.8 Å². The molecule has 0 radical (unpaired) electrons. The molecule has 0 aliphatic carbocycles. The lowest BCUT2D eigenvalue weighted by Crippen LogP contribution is -2.58. The van der Waals surface area contributed by atoms with Gasteiger partial charge in [-0.05, 0) is 69.9 Å². The number of hydrogen-bond donors (Lipinski definition) is 3. The van der Waals surface area contributed by atoms with Crippen LogP contribution in [0.5, 0.6) is 5.75 Å². The Hall–Kier alpha value is -3.24. The molecule has 3 N–H and O–H groups in total. The van der Waals surface area contributed by atoms with Gasteiger partial charge in [0.25, 0.3) is 11.8 Å². The first-order valence-electron chi connectivity index (χ1n) is 13.4. The van der Waals surface area contributed by atoms with Crippen LogP contribution in [0.25, 0.3) is 0 Å². The molecule has 0 aromatic heterocycles. The summed E-state index contributed by atoms with van der Waals surface area (Å²) in [7, 11) is 3.92. The number of aryl methyl sites for hydroxylation is 2. The normalized spacial score (nSPS) is 16.7. The van der Waals surface area contributed by atoms with Crippen LogP contribution < -0.4 is 20.3 Å². The molecule has 2 aromatic rings. The number of anilines is 1. The van der Waals surface area contributed by atoms with Gasteiger partial charge in [0.05, 0.1) is 11.9 Å². The highest BCUT2D eigenvalue weighted by Crippen LogP contribution is 2.28. The molecule has 9 nitrogen and oxygen atoms in total. The Kier molecular flexibility index (Phi) is 10.5. The van der Waals surface area contributed by atoms with Gasteiger partial charge >= 0.3 is 0 Å². The van der Waals surface area contributed by atoms with Crippen molar-refractivity contribution in [2.45, 2.75) is 64.8 Å². The predicted molar refractivity (Wildman–Crippen MR) is 160 cm³/mol. The maximum atomic E-state index is 13.5. The fourth-order valence-electron chi connectivity index (χ4n) is 4.58. The summed E-state index contributed by atoms with van der Waals surface area (Å²) >= 11 is 1.45. The van der Waals surface area contributed by atoms with E-state index in [0.29, 0.717) is 11.5 Å². The van der Waals surface area contributed by atoms with Crippen LogP contribution in [0, 0.1) is 13.8 Å².